The molecule has 1 heterocycles. The molecule has 0 aliphatic carbocycles. The van der Waals surface area contributed by atoms with Crippen molar-refractivity contribution >= 4 is 49.8 Å². The first-order valence-electron chi connectivity index (χ1n) is 5.98. The number of rotatable bonds is 3. The Balaban J connectivity index is 1.89. The zero-order chi connectivity index (χ0) is 13.2. The summed E-state index contributed by atoms with van der Waals surface area (Å²) in [6, 6.07) is 16.0. The normalized spacial score (nSPS) is 10.8. The standard InChI is InChI=1S/C16H11IOS/c17-13-7-5-11(6-8-13)15(18)9-12-10-19-16-4-2-1-3-14(12)16/h1-8,10H,9H2. The molecule has 0 atom stereocenters. The van der Waals surface area contributed by atoms with Gasteiger partial charge in [0.05, 0.1) is 0 Å². The van der Waals surface area contributed by atoms with E-state index in [1.54, 1.807) is 11.3 Å². The van der Waals surface area contributed by atoms with Gasteiger partial charge in [-0.3, -0.25) is 4.79 Å². The SMILES string of the molecule is O=C(Cc1csc2ccccc12)c1ccc(I)cc1. The van der Waals surface area contributed by atoms with Crippen LogP contribution in [-0.2, 0) is 6.42 Å². The van der Waals surface area contributed by atoms with Crippen LogP contribution in [0.1, 0.15) is 15.9 Å². The second kappa shape index (κ2) is 5.43. The molecule has 19 heavy (non-hydrogen) atoms. The number of Topliss-reactive ketones (excluding diaryl/α,β-unsaturated/α-hetero) is 1. The summed E-state index contributed by atoms with van der Waals surface area (Å²) in [6.45, 7) is 0. The van der Waals surface area contributed by atoms with Gasteiger partial charge in [-0.1, -0.05) is 30.3 Å². The van der Waals surface area contributed by atoms with Gasteiger partial charge in [0.2, 0.25) is 0 Å². The number of halogens is 1. The highest BCUT2D eigenvalue weighted by molar-refractivity contribution is 14.1. The molecule has 2 aromatic carbocycles. The van der Waals surface area contributed by atoms with Crippen molar-refractivity contribution in [1.82, 2.24) is 0 Å². The van der Waals surface area contributed by atoms with Gasteiger partial charge in [-0.25, -0.2) is 0 Å². The fourth-order valence-electron chi connectivity index (χ4n) is 2.08. The molecule has 1 nitrogen and oxygen atoms in total. The summed E-state index contributed by atoms with van der Waals surface area (Å²) in [5.74, 6) is 0.181. The predicted octanol–water partition coefficient (Wildman–Crippen LogP) is 4.93. The minimum absolute atomic E-state index is 0.181. The number of benzene rings is 2. The molecule has 0 spiro atoms. The Labute approximate surface area is 129 Å². The fourth-order valence-corrected chi connectivity index (χ4v) is 3.40. The van der Waals surface area contributed by atoms with Crippen LogP contribution in [0, 0.1) is 3.57 Å². The lowest BCUT2D eigenvalue weighted by molar-refractivity contribution is 0.0993. The van der Waals surface area contributed by atoms with Crippen molar-refractivity contribution < 1.29 is 4.79 Å². The molecule has 0 saturated carbocycles. The molecule has 0 saturated heterocycles. The van der Waals surface area contributed by atoms with Crippen LogP contribution in [-0.4, -0.2) is 5.78 Å². The lowest BCUT2D eigenvalue weighted by atomic mass is 10.0. The lowest BCUT2D eigenvalue weighted by Crippen LogP contribution is -2.02. The number of carbonyl (C=O) groups is 1. The Bertz CT molecular complexity index is 728. The molecule has 0 aliphatic heterocycles. The summed E-state index contributed by atoms with van der Waals surface area (Å²) in [6.07, 6.45) is 0.477. The van der Waals surface area contributed by atoms with Gasteiger partial charge in [0.15, 0.2) is 5.78 Å². The van der Waals surface area contributed by atoms with Gasteiger partial charge >= 0.3 is 0 Å². The van der Waals surface area contributed by atoms with E-state index in [1.807, 2.05) is 36.4 Å². The second-order valence-electron chi connectivity index (χ2n) is 4.36. The third-order valence-electron chi connectivity index (χ3n) is 3.08. The van der Waals surface area contributed by atoms with Gasteiger partial charge < -0.3 is 0 Å². The van der Waals surface area contributed by atoms with Gasteiger partial charge in [-0.05, 0) is 57.1 Å². The van der Waals surface area contributed by atoms with Gasteiger partial charge in [-0.2, -0.15) is 0 Å². The van der Waals surface area contributed by atoms with Crippen LogP contribution >= 0.6 is 33.9 Å². The zero-order valence-electron chi connectivity index (χ0n) is 10.1. The number of hydrogen-bond donors (Lipinski definition) is 0. The van der Waals surface area contributed by atoms with E-state index in [1.165, 1.54) is 10.1 Å². The van der Waals surface area contributed by atoms with E-state index in [4.69, 9.17) is 0 Å². The van der Waals surface area contributed by atoms with E-state index in [2.05, 4.69) is 40.1 Å². The Kier molecular flexibility index (Phi) is 3.66. The molecule has 1 aromatic heterocycles. The molecule has 0 bridgehead atoms. The van der Waals surface area contributed by atoms with Crippen molar-refractivity contribution in [2.24, 2.45) is 0 Å². The maximum absolute atomic E-state index is 12.3. The van der Waals surface area contributed by atoms with E-state index in [0.717, 1.165) is 14.7 Å². The highest BCUT2D eigenvalue weighted by Crippen LogP contribution is 2.26. The maximum Gasteiger partial charge on any atom is 0.167 e. The molecule has 0 aliphatic rings. The average molecular weight is 378 g/mol. The zero-order valence-corrected chi connectivity index (χ0v) is 13.1. The molecule has 0 amide bonds. The van der Waals surface area contributed by atoms with E-state index in [-0.39, 0.29) is 5.78 Å². The van der Waals surface area contributed by atoms with Crippen molar-refractivity contribution in [1.29, 1.82) is 0 Å². The van der Waals surface area contributed by atoms with Gasteiger partial charge in [0, 0.05) is 20.3 Å². The largest absolute Gasteiger partial charge is 0.294 e. The molecule has 3 aromatic rings. The van der Waals surface area contributed by atoms with E-state index in [9.17, 15) is 4.79 Å². The molecular weight excluding hydrogens is 367 g/mol. The van der Waals surface area contributed by atoms with E-state index in [0.29, 0.717) is 6.42 Å². The van der Waals surface area contributed by atoms with Crippen molar-refractivity contribution in [2.75, 3.05) is 0 Å². The summed E-state index contributed by atoms with van der Waals surface area (Å²) in [5.41, 5.74) is 1.92. The minimum atomic E-state index is 0.181. The van der Waals surface area contributed by atoms with Crippen LogP contribution in [0.5, 0.6) is 0 Å². The minimum Gasteiger partial charge on any atom is -0.294 e. The van der Waals surface area contributed by atoms with Crippen LogP contribution in [0.25, 0.3) is 10.1 Å². The molecule has 3 rings (SSSR count). The Hall–Kier alpha value is -1.20. The first-order valence-corrected chi connectivity index (χ1v) is 7.94. The summed E-state index contributed by atoms with van der Waals surface area (Å²) in [4.78, 5) is 12.3. The Morgan fingerprint density at radius 1 is 1.05 bits per heavy atom. The van der Waals surface area contributed by atoms with Crippen molar-refractivity contribution in [3.05, 3.63) is 68.6 Å². The van der Waals surface area contributed by atoms with Gasteiger partial charge in [0.1, 0.15) is 0 Å². The Morgan fingerprint density at radius 2 is 1.79 bits per heavy atom. The number of thiophene rings is 1. The van der Waals surface area contributed by atoms with Crippen LogP contribution in [0.4, 0.5) is 0 Å². The van der Waals surface area contributed by atoms with E-state index < -0.39 is 0 Å². The average Bonchev–Trinajstić information content (AvgIpc) is 2.83. The molecule has 0 fully saturated rings. The molecule has 94 valence electrons. The highest BCUT2D eigenvalue weighted by Gasteiger charge is 2.10. The summed E-state index contributed by atoms with van der Waals surface area (Å²) < 4.78 is 2.39. The summed E-state index contributed by atoms with van der Waals surface area (Å²) in [7, 11) is 0. The Morgan fingerprint density at radius 3 is 2.58 bits per heavy atom. The second-order valence-corrected chi connectivity index (χ2v) is 6.52. The summed E-state index contributed by atoms with van der Waals surface area (Å²) in [5, 5.41) is 3.29. The quantitative estimate of drug-likeness (QED) is 0.467. The van der Waals surface area contributed by atoms with E-state index >= 15 is 0 Å². The third-order valence-corrected chi connectivity index (χ3v) is 4.81. The highest BCUT2D eigenvalue weighted by atomic mass is 127. The number of fused-ring (bicyclic) bond motifs is 1. The first kappa shape index (κ1) is 12.8. The van der Waals surface area contributed by atoms with Crippen molar-refractivity contribution in [2.45, 2.75) is 6.42 Å². The maximum atomic E-state index is 12.3. The topological polar surface area (TPSA) is 17.1 Å². The smallest absolute Gasteiger partial charge is 0.167 e. The fraction of sp³-hybridized carbons (Fsp3) is 0.0625. The van der Waals surface area contributed by atoms with Crippen molar-refractivity contribution in [3.8, 4) is 0 Å². The van der Waals surface area contributed by atoms with Gasteiger partial charge in [-0.15, -0.1) is 11.3 Å². The first-order chi connectivity index (χ1) is 9.24. The molecule has 0 N–H and O–H groups in total. The van der Waals surface area contributed by atoms with Gasteiger partial charge in [0.25, 0.3) is 0 Å². The molecule has 0 unspecified atom stereocenters. The molecular formula is C16H11IOS. The van der Waals surface area contributed by atoms with Crippen LogP contribution < -0.4 is 0 Å². The van der Waals surface area contributed by atoms with Crippen LogP contribution in [0.15, 0.2) is 53.9 Å². The van der Waals surface area contributed by atoms with Crippen molar-refractivity contribution in [3.63, 3.8) is 0 Å². The molecule has 3 heteroatoms. The van der Waals surface area contributed by atoms with Crippen LogP contribution in [0.3, 0.4) is 0 Å². The number of hydrogen-bond acceptors (Lipinski definition) is 2. The number of ketones is 1. The molecule has 0 radical (unpaired) electrons. The lowest BCUT2D eigenvalue weighted by Gasteiger charge is -2.01. The van der Waals surface area contributed by atoms with Crippen LogP contribution in [0.2, 0.25) is 0 Å². The third kappa shape index (κ3) is 2.72. The predicted molar refractivity (Wildman–Crippen MR) is 89.0 cm³/mol. The monoisotopic (exact) mass is 378 g/mol. The summed E-state index contributed by atoms with van der Waals surface area (Å²) >= 11 is 3.94. The number of carbonyl (C=O) groups excluding carboxylic acids is 1.